The van der Waals surface area contributed by atoms with Crippen molar-refractivity contribution >= 4 is 11.0 Å². The standard InChI is InChI=1S/C13H9NO2/c15-11-7-3-1-5-9(11)13-10-6-2-4-8-12(10)16-14-13/h1-8,15H. The van der Waals surface area contributed by atoms with Gasteiger partial charge in [-0.1, -0.05) is 29.4 Å². The van der Waals surface area contributed by atoms with E-state index in [0.717, 1.165) is 11.0 Å². The van der Waals surface area contributed by atoms with Gasteiger partial charge in [-0.3, -0.25) is 0 Å². The van der Waals surface area contributed by atoms with Gasteiger partial charge in [0.1, 0.15) is 11.4 Å². The number of aromatic nitrogens is 1. The van der Waals surface area contributed by atoms with Crippen LogP contribution in [-0.2, 0) is 0 Å². The molecule has 0 spiro atoms. The van der Waals surface area contributed by atoms with Crippen LogP contribution in [0, 0.1) is 0 Å². The highest BCUT2D eigenvalue weighted by atomic mass is 16.5. The zero-order chi connectivity index (χ0) is 11.0. The monoisotopic (exact) mass is 211 g/mol. The highest BCUT2D eigenvalue weighted by molar-refractivity contribution is 5.92. The normalized spacial score (nSPS) is 10.8. The van der Waals surface area contributed by atoms with Crippen molar-refractivity contribution in [3.05, 3.63) is 48.5 Å². The van der Waals surface area contributed by atoms with Crippen molar-refractivity contribution in [3.8, 4) is 17.0 Å². The van der Waals surface area contributed by atoms with E-state index in [-0.39, 0.29) is 5.75 Å². The van der Waals surface area contributed by atoms with Crippen LogP contribution < -0.4 is 0 Å². The summed E-state index contributed by atoms with van der Waals surface area (Å²) in [6.07, 6.45) is 0. The summed E-state index contributed by atoms with van der Waals surface area (Å²) in [5.41, 5.74) is 2.09. The number of phenols is 1. The van der Waals surface area contributed by atoms with E-state index in [1.807, 2.05) is 36.4 Å². The SMILES string of the molecule is Oc1ccccc1-c1noc2ccccc12. The number of para-hydroxylation sites is 2. The van der Waals surface area contributed by atoms with E-state index in [0.29, 0.717) is 11.3 Å². The first-order valence-corrected chi connectivity index (χ1v) is 4.99. The molecular formula is C13H9NO2. The van der Waals surface area contributed by atoms with Crippen LogP contribution in [0.15, 0.2) is 53.1 Å². The summed E-state index contributed by atoms with van der Waals surface area (Å²) < 4.78 is 5.20. The summed E-state index contributed by atoms with van der Waals surface area (Å²) in [6.45, 7) is 0. The maximum atomic E-state index is 9.76. The Morgan fingerprint density at radius 3 is 2.56 bits per heavy atom. The Kier molecular flexibility index (Phi) is 1.90. The second-order valence-electron chi connectivity index (χ2n) is 3.54. The summed E-state index contributed by atoms with van der Waals surface area (Å²) in [5, 5.41) is 14.7. The quantitative estimate of drug-likeness (QED) is 0.672. The van der Waals surface area contributed by atoms with Crippen molar-refractivity contribution in [1.82, 2.24) is 5.16 Å². The molecule has 3 aromatic rings. The molecule has 0 saturated carbocycles. The molecule has 0 radical (unpaired) electrons. The molecule has 3 heteroatoms. The second kappa shape index (κ2) is 3.38. The van der Waals surface area contributed by atoms with E-state index in [1.54, 1.807) is 12.1 Å². The predicted octanol–water partition coefficient (Wildman–Crippen LogP) is 3.20. The lowest BCUT2D eigenvalue weighted by Gasteiger charge is -1.99. The lowest BCUT2D eigenvalue weighted by Crippen LogP contribution is -1.78. The van der Waals surface area contributed by atoms with Crippen molar-refractivity contribution < 1.29 is 9.63 Å². The molecule has 0 aliphatic heterocycles. The molecule has 2 aromatic carbocycles. The minimum atomic E-state index is 0.210. The molecular weight excluding hydrogens is 202 g/mol. The first kappa shape index (κ1) is 8.97. The maximum absolute atomic E-state index is 9.76. The van der Waals surface area contributed by atoms with E-state index in [1.165, 1.54) is 0 Å². The Bertz CT molecular complexity index is 643. The van der Waals surface area contributed by atoms with Gasteiger partial charge in [0.15, 0.2) is 5.58 Å². The fourth-order valence-corrected chi connectivity index (χ4v) is 1.75. The lowest BCUT2D eigenvalue weighted by molar-refractivity contribution is 0.455. The number of hydrogen-bond acceptors (Lipinski definition) is 3. The van der Waals surface area contributed by atoms with Crippen LogP contribution in [-0.4, -0.2) is 10.3 Å². The minimum absolute atomic E-state index is 0.210. The molecule has 0 amide bonds. The zero-order valence-electron chi connectivity index (χ0n) is 8.42. The van der Waals surface area contributed by atoms with Crippen molar-refractivity contribution in [2.75, 3.05) is 0 Å². The van der Waals surface area contributed by atoms with Crippen molar-refractivity contribution in [2.24, 2.45) is 0 Å². The van der Waals surface area contributed by atoms with Gasteiger partial charge in [-0.15, -0.1) is 0 Å². The number of benzene rings is 2. The summed E-state index contributed by atoms with van der Waals surface area (Å²) >= 11 is 0. The Morgan fingerprint density at radius 2 is 1.69 bits per heavy atom. The number of fused-ring (bicyclic) bond motifs is 1. The van der Waals surface area contributed by atoms with Crippen molar-refractivity contribution in [3.63, 3.8) is 0 Å². The maximum Gasteiger partial charge on any atom is 0.167 e. The second-order valence-corrected chi connectivity index (χ2v) is 3.54. The van der Waals surface area contributed by atoms with Crippen LogP contribution in [0.3, 0.4) is 0 Å². The zero-order valence-corrected chi connectivity index (χ0v) is 8.42. The van der Waals surface area contributed by atoms with Crippen molar-refractivity contribution in [2.45, 2.75) is 0 Å². The fourth-order valence-electron chi connectivity index (χ4n) is 1.75. The smallest absolute Gasteiger partial charge is 0.167 e. The van der Waals surface area contributed by atoms with Crippen LogP contribution >= 0.6 is 0 Å². The molecule has 0 unspecified atom stereocenters. The van der Waals surface area contributed by atoms with E-state index in [4.69, 9.17) is 4.52 Å². The summed E-state index contributed by atoms with van der Waals surface area (Å²) in [6, 6.07) is 14.7. The summed E-state index contributed by atoms with van der Waals surface area (Å²) in [4.78, 5) is 0. The van der Waals surface area contributed by atoms with Gasteiger partial charge in [-0.05, 0) is 24.3 Å². The van der Waals surface area contributed by atoms with Gasteiger partial charge in [0.2, 0.25) is 0 Å². The first-order chi connectivity index (χ1) is 7.86. The van der Waals surface area contributed by atoms with Gasteiger partial charge in [0.05, 0.1) is 0 Å². The molecule has 0 fully saturated rings. The average Bonchev–Trinajstić information content (AvgIpc) is 2.74. The van der Waals surface area contributed by atoms with Crippen LogP contribution in [0.2, 0.25) is 0 Å². The molecule has 3 rings (SSSR count). The molecule has 78 valence electrons. The van der Waals surface area contributed by atoms with Gasteiger partial charge in [-0.25, -0.2) is 0 Å². The van der Waals surface area contributed by atoms with Crippen LogP contribution in [0.1, 0.15) is 0 Å². The number of rotatable bonds is 1. The molecule has 3 nitrogen and oxygen atoms in total. The van der Waals surface area contributed by atoms with Crippen LogP contribution in [0.5, 0.6) is 5.75 Å². The molecule has 1 aromatic heterocycles. The Hall–Kier alpha value is -2.29. The van der Waals surface area contributed by atoms with Gasteiger partial charge < -0.3 is 9.63 Å². The van der Waals surface area contributed by atoms with E-state index in [9.17, 15) is 5.11 Å². The van der Waals surface area contributed by atoms with E-state index < -0.39 is 0 Å². The van der Waals surface area contributed by atoms with Gasteiger partial charge in [0, 0.05) is 10.9 Å². The predicted molar refractivity (Wildman–Crippen MR) is 61.1 cm³/mol. The average molecular weight is 211 g/mol. The third-order valence-corrected chi connectivity index (χ3v) is 2.54. The van der Waals surface area contributed by atoms with Gasteiger partial charge >= 0.3 is 0 Å². The lowest BCUT2D eigenvalue weighted by atomic mass is 10.1. The molecule has 0 saturated heterocycles. The van der Waals surface area contributed by atoms with Crippen molar-refractivity contribution in [1.29, 1.82) is 0 Å². The Labute approximate surface area is 91.9 Å². The molecule has 0 aliphatic rings. The highest BCUT2D eigenvalue weighted by Crippen LogP contribution is 2.32. The van der Waals surface area contributed by atoms with Crippen LogP contribution in [0.25, 0.3) is 22.2 Å². The minimum Gasteiger partial charge on any atom is -0.507 e. The Balaban J connectivity index is 2.31. The molecule has 1 heterocycles. The number of hydrogen-bond donors (Lipinski definition) is 1. The largest absolute Gasteiger partial charge is 0.507 e. The van der Waals surface area contributed by atoms with E-state index >= 15 is 0 Å². The van der Waals surface area contributed by atoms with Gasteiger partial charge in [0.25, 0.3) is 0 Å². The van der Waals surface area contributed by atoms with Crippen LogP contribution in [0.4, 0.5) is 0 Å². The number of aromatic hydroxyl groups is 1. The third-order valence-electron chi connectivity index (χ3n) is 2.54. The highest BCUT2D eigenvalue weighted by Gasteiger charge is 2.12. The third kappa shape index (κ3) is 1.26. The molecule has 16 heavy (non-hydrogen) atoms. The molecule has 0 aliphatic carbocycles. The summed E-state index contributed by atoms with van der Waals surface area (Å²) in [7, 11) is 0. The first-order valence-electron chi connectivity index (χ1n) is 4.99. The number of phenolic OH excluding ortho intramolecular Hbond substituents is 1. The molecule has 0 atom stereocenters. The molecule has 1 N–H and O–H groups in total. The number of nitrogens with zero attached hydrogens (tertiary/aromatic N) is 1. The van der Waals surface area contributed by atoms with Gasteiger partial charge in [-0.2, -0.15) is 0 Å². The molecule has 0 bridgehead atoms. The van der Waals surface area contributed by atoms with E-state index in [2.05, 4.69) is 5.16 Å². The Morgan fingerprint density at radius 1 is 0.938 bits per heavy atom. The summed E-state index contributed by atoms with van der Waals surface area (Å²) in [5.74, 6) is 0.210. The topological polar surface area (TPSA) is 46.3 Å². The fraction of sp³-hybridized carbons (Fsp3) is 0.